The van der Waals surface area contributed by atoms with Crippen LogP contribution in [0.25, 0.3) is 0 Å². The average Bonchev–Trinajstić information content (AvgIpc) is 3.07. The van der Waals surface area contributed by atoms with Crippen LogP contribution >= 0.6 is 24.0 Å². The van der Waals surface area contributed by atoms with E-state index in [2.05, 4.69) is 36.3 Å². The van der Waals surface area contributed by atoms with E-state index in [1.807, 2.05) is 17.0 Å². The molecule has 1 aromatic carbocycles. The third-order valence-electron chi connectivity index (χ3n) is 4.21. The number of carbonyl (C=O) groups excluding carboxylic acids is 1. The molecular formula is C17H27IN4O. The van der Waals surface area contributed by atoms with Gasteiger partial charge in [-0.1, -0.05) is 26.0 Å². The summed E-state index contributed by atoms with van der Waals surface area (Å²) in [6.07, 6.45) is 3.30. The number of likely N-dealkylation sites (tertiary alicyclic amines) is 1. The summed E-state index contributed by atoms with van der Waals surface area (Å²) in [5.41, 5.74) is 8.05. The van der Waals surface area contributed by atoms with Crippen molar-refractivity contribution < 1.29 is 4.79 Å². The number of nitrogens with two attached hydrogens (primary N) is 1. The van der Waals surface area contributed by atoms with Gasteiger partial charge in [0.1, 0.15) is 6.54 Å². The van der Waals surface area contributed by atoms with E-state index < -0.39 is 0 Å². The minimum Gasteiger partial charge on any atom is -0.370 e. The largest absolute Gasteiger partial charge is 0.370 e. The topological polar surface area (TPSA) is 70.7 Å². The maximum absolute atomic E-state index is 11.9. The molecule has 1 amide bonds. The zero-order chi connectivity index (χ0) is 15.9. The van der Waals surface area contributed by atoms with Crippen LogP contribution in [0.1, 0.15) is 44.6 Å². The molecule has 3 N–H and O–H groups in total. The zero-order valence-corrected chi connectivity index (χ0v) is 16.2. The van der Waals surface area contributed by atoms with E-state index >= 15 is 0 Å². The van der Waals surface area contributed by atoms with Crippen LogP contribution in [0.5, 0.6) is 0 Å². The summed E-state index contributed by atoms with van der Waals surface area (Å²) in [7, 11) is 0. The predicted molar refractivity (Wildman–Crippen MR) is 106 cm³/mol. The summed E-state index contributed by atoms with van der Waals surface area (Å²) in [4.78, 5) is 17.9. The second kappa shape index (κ2) is 9.75. The fraction of sp³-hybridized carbons (Fsp3) is 0.529. The minimum atomic E-state index is 0. The first-order chi connectivity index (χ1) is 10.6. The highest BCUT2D eigenvalue weighted by Crippen LogP contribution is 2.20. The Kier molecular flexibility index (Phi) is 8.36. The standard InChI is InChI=1S/C17H26N4O.HI/c1-3-13(2)14-6-8-15(9-7-14)20-17(18)19-12-16(22)21-10-4-5-11-21;/h6-9,13H,3-5,10-12H2,1-2H3,(H3,18,19,20);1H. The van der Waals surface area contributed by atoms with Crippen LogP contribution in [-0.4, -0.2) is 36.4 Å². The van der Waals surface area contributed by atoms with E-state index in [-0.39, 0.29) is 42.4 Å². The molecule has 1 aliphatic heterocycles. The highest BCUT2D eigenvalue weighted by molar-refractivity contribution is 14.0. The summed E-state index contributed by atoms with van der Waals surface area (Å²) in [5, 5.41) is 3.03. The number of carbonyl (C=O) groups is 1. The number of halogens is 1. The van der Waals surface area contributed by atoms with Gasteiger partial charge in [-0.25, -0.2) is 4.99 Å². The molecule has 6 heteroatoms. The molecule has 0 aliphatic carbocycles. The Morgan fingerprint density at radius 2 is 1.91 bits per heavy atom. The van der Waals surface area contributed by atoms with E-state index in [9.17, 15) is 4.79 Å². The fourth-order valence-corrected chi connectivity index (χ4v) is 2.54. The van der Waals surface area contributed by atoms with Crippen LogP contribution in [-0.2, 0) is 4.79 Å². The molecule has 1 fully saturated rings. The maximum atomic E-state index is 11.9. The van der Waals surface area contributed by atoms with Gasteiger partial charge >= 0.3 is 0 Å². The molecule has 5 nitrogen and oxygen atoms in total. The van der Waals surface area contributed by atoms with Gasteiger partial charge in [-0.05, 0) is 42.9 Å². The van der Waals surface area contributed by atoms with Crippen LogP contribution in [0.3, 0.4) is 0 Å². The van der Waals surface area contributed by atoms with Crippen molar-refractivity contribution in [2.24, 2.45) is 10.7 Å². The number of amides is 1. The van der Waals surface area contributed by atoms with Crippen LogP contribution < -0.4 is 11.1 Å². The molecule has 23 heavy (non-hydrogen) atoms. The van der Waals surface area contributed by atoms with Crippen LogP contribution in [0.15, 0.2) is 29.3 Å². The lowest BCUT2D eigenvalue weighted by molar-refractivity contribution is -0.128. The van der Waals surface area contributed by atoms with Gasteiger partial charge in [0, 0.05) is 18.8 Å². The molecule has 2 rings (SSSR count). The summed E-state index contributed by atoms with van der Waals surface area (Å²) >= 11 is 0. The maximum Gasteiger partial charge on any atom is 0.244 e. The van der Waals surface area contributed by atoms with Crippen LogP contribution in [0.2, 0.25) is 0 Å². The normalized spacial score (nSPS) is 15.9. The Hall–Kier alpha value is -1.31. The summed E-state index contributed by atoms with van der Waals surface area (Å²) in [6, 6.07) is 8.18. The molecule has 0 radical (unpaired) electrons. The van der Waals surface area contributed by atoms with Gasteiger partial charge < -0.3 is 16.0 Å². The predicted octanol–water partition coefficient (Wildman–Crippen LogP) is 3.17. The lowest BCUT2D eigenvalue weighted by Gasteiger charge is -2.14. The van der Waals surface area contributed by atoms with E-state index in [1.165, 1.54) is 5.56 Å². The van der Waals surface area contributed by atoms with Crippen LogP contribution in [0, 0.1) is 0 Å². The van der Waals surface area contributed by atoms with E-state index in [4.69, 9.17) is 5.73 Å². The van der Waals surface area contributed by atoms with Crippen molar-refractivity contribution >= 4 is 41.5 Å². The number of hydrogen-bond acceptors (Lipinski definition) is 2. The Morgan fingerprint density at radius 3 is 2.48 bits per heavy atom. The third-order valence-corrected chi connectivity index (χ3v) is 4.21. The van der Waals surface area contributed by atoms with Crippen molar-refractivity contribution in [2.45, 2.75) is 39.0 Å². The Bertz CT molecular complexity index is 524. The van der Waals surface area contributed by atoms with Crippen molar-refractivity contribution in [3.63, 3.8) is 0 Å². The summed E-state index contributed by atoms with van der Waals surface area (Å²) in [5.74, 6) is 0.886. The molecule has 128 valence electrons. The van der Waals surface area contributed by atoms with E-state index in [1.54, 1.807) is 0 Å². The SMILES string of the molecule is CCC(C)c1ccc(NC(N)=NCC(=O)N2CCCC2)cc1.I. The number of benzene rings is 1. The van der Waals surface area contributed by atoms with Crippen molar-refractivity contribution in [1.82, 2.24) is 4.90 Å². The van der Waals surface area contributed by atoms with Gasteiger partial charge in [-0.2, -0.15) is 0 Å². The second-order valence-corrected chi connectivity index (χ2v) is 5.85. The fourth-order valence-electron chi connectivity index (χ4n) is 2.54. The van der Waals surface area contributed by atoms with Crippen molar-refractivity contribution in [1.29, 1.82) is 0 Å². The molecule has 0 spiro atoms. The number of nitrogens with one attached hydrogen (secondary N) is 1. The number of aliphatic imine (C=N–C) groups is 1. The van der Waals surface area contributed by atoms with Gasteiger partial charge in [0.25, 0.3) is 0 Å². The lowest BCUT2D eigenvalue weighted by atomic mass is 9.99. The van der Waals surface area contributed by atoms with E-state index in [0.717, 1.165) is 38.0 Å². The highest BCUT2D eigenvalue weighted by atomic mass is 127. The summed E-state index contributed by atoms with van der Waals surface area (Å²) < 4.78 is 0. The molecule has 1 heterocycles. The monoisotopic (exact) mass is 430 g/mol. The molecule has 1 saturated heterocycles. The Balaban J connectivity index is 0.00000264. The first kappa shape index (κ1) is 19.7. The smallest absolute Gasteiger partial charge is 0.244 e. The number of anilines is 1. The molecular weight excluding hydrogens is 403 g/mol. The van der Waals surface area contributed by atoms with E-state index in [0.29, 0.717) is 5.92 Å². The number of hydrogen-bond donors (Lipinski definition) is 2. The molecule has 0 saturated carbocycles. The molecule has 0 bridgehead atoms. The lowest BCUT2D eigenvalue weighted by Crippen LogP contribution is -2.31. The van der Waals surface area contributed by atoms with Crippen molar-refractivity contribution in [3.8, 4) is 0 Å². The first-order valence-corrected chi connectivity index (χ1v) is 8.04. The summed E-state index contributed by atoms with van der Waals surface area (Å²) in [6.45, 7) is 6.20. The number of nitrogens with zero attached hydrogens (tertiary/aromatic N) is 2. The molecule has 0 aromatic heterocycles. The molecule has 1 aliphatic rings. The molecule has 1 aromatic rings. The van der Waals surface area contributed by atoms with Gasteiger partial charge in [-0.3, -0.25) is 4.79 Å². The van der Waals surface area contributed by atoms with Crippen molar-refractivity contribution in [2.75, 3.05) is 25.0 Å². The van der Waals surface area contributed by atoms with Gasteiger partial charge in [0.15, 0.2) is 5.96 Å². The first-order valence-electron chi connectivity index (χ1n) is 8.04. The van der Waals surface area contributed by atoms with Gasteiger partial charge in [-0.15, -0.1) is 24.0 Å². The van der Waals surface area contributed by atoms with Gasteiger partial charge in [0.2, 0.25) is 5.91 Å². The Morgan fingerprint density at radius 1 is 1.30 bits per heavy atom. The second-order valence-electron chi connectivity index (χ2n) is 5.85. The highest BCUT2D eigenvalue weighted by Gasteiger charge is 2.17. The number of guanidine groups is 1. The average molecular weight is 430 g/mol. The molecule has 1 unspecified atom stereocenters. The van der Waals surface area contributed by atoms with Crippen molar-refractivity contribution in [3.05, 3.63) is 29.8 Å². The number of rotatable bonds is 5. The molecule has 1 atom stereocenters. The van der Waals surface area contributed by atoms with Crippen LogP contribution in [0.4, 0.5) is 5.69 Å². The van der Waals surface area contributed by atoms with Gasteiger partial charge in [0.05, 0.1) is 0 Å². The quantitative estimate of drug-likeness (QED) is 0.428. The minimum absolute atomic E-state index is 0. The zero-order valence-electron chi connectivity index (χ0n) is 13.9. The third kappa shape index (κ3) is 6.01. The Labute approximate surface area is 155 Å².